The Kier molecular flexibility index (Phi) is 1.58. The minimum atomic E-state index is -0.665. The second kappa shape index (κ2) is 2.72. The molecular formula is C11H11NO3. The lowest BCUT2D eigenvalue weighted by molar-refractivity contribution is 0.462. The molecule has 2 atom stereocenters. The van der Waals surface area contributed by atoms with Gasteiger partial charge in [0.15, 0.2) is 0 Å². The van der Waals surface area contributed by atoms with Gasteiger partial charge in [0.05, 0.1) is 0 Å². The number of nitrogens with one attached hydrogen (secondary N) is 1. The molecular weight excluding hydrogens is 194 g/mol. The average molecular weight is 205 g/mol. The molecule has 15 heavy (non-hydrogen) atoms. The van der Waals surface area contributed by atoms with Crippen LogP contribution >= 0.6 is 0 Å². The van der Waals surface area contributed by atoms with E-state index in [9.17, 15) is 14.7 Å². The van der Waals surface area contributed by atoms with E-state index in [2.05, 4.69) is 4.98 Å². The van der Waals surface area contributed by atoms with Crippen molar-refractivity contribution in [1.82, 2.24) is 4.98 Å². The first-order valence-electron chi connectivity index (χ1n) is 5.17. The van der Waals surface area contributed by atoms with Gasteiger partial charge in [-0.3, -0.25) is 9.59 Å². The summed E-state index contributed by atoms with van der Waals surface area (Å²) in [5.41, 5.74) is 0.293. The van der Waals surface area contributed by atoms with E-state index in [0.29, 0.717) is 11.8 Å². The van der Waals surface area contributed by atoms with Crippen LogP contribution < -0.4 is 11.0 Å². The molecule has 3 rings (SSSR count). The topological polar surface area (TPSA) is 70.2 Å². The van der Waals surface area contributed by atoms with Crippen molar-refractivity contribution in [2.45, 2.75) is 31.1 Å². The van der Waals surface area contributed by atoms with Gasteiger partial charge in [-0.05, 0) is 25.2 Å². The van der Waals surface area contributed by atoms with Crippen LogP contribution in [0.5, 0.6) is 5.75 Å². The maximum Gasteiger partial charge on any atom is 0.296 e. The number of H-pyrrole nitrogens is 1. The van der Waals surface area contributed by atoms with Crippen LogP contribution in [0.3, 0.4) is 0 Å². The average Bonchev–Trinajstić information content (AvgIpc) is 2.74. The molecule has 0 saturated heterocycles. The SMILES string of the molecule is O=c1cc(O)c2c([nH]c1=O)[C@H]1CC[C@@H]2C1. The minimum Gasteiger partial charge on any atom is -0.507 e. The van der Waals surface area contributed by atoms with Gasteiger partial charge in [0.25, 0.3) is 5.56 Å². The fraction of sp³-hybridized carbons (Fsp3) is 0.455. The van der Waals surface area contributed by atoms with Gasteiger partial charge in [0.1, 0.15) is 5.75 Å². The van der Waals surface area contributed by atoms with Gasteiger partial charge in [-0.15, -0.1) is 0 Å². The number of fused-ring (bicyclic) bond motifs is 5. The lowest BCUT2D eigenvalue weighted by Gasteiger charge is -2.12. The molecule has 0 spiro atoms. The molecule has 78 valence electrons. The molecule has 4 heteroatoms. The fourth-order valence-electron chi connectivity index (χ4n) is 2.91. The molecule has 0 unspecified atom stereocenters. The lowest BCUT2D eigenvalue weighted by atomic mass is 9.96. The third kappa shape index (κ3) is 1.07. The first kappa shape index (κ1) is 8.71. The molecule has 0 aliphatic heterocycles. The number of hydrogen-bond acceptors (Lipinski definition) is 3. The minimum absolute atomic E-state index is 0.0134. The molecule has 1 aromatic rings. The third-order valence-electron chi connectivity index (χ3n) is 3.56. The summed E-state index contributed by atoms with van der Waals surface area (Å²) in [6.45, 7) is 0. The number of aromatic hydroxyl groups is 1. The predicted octanol–water partition coefficient (Wildman–Crippen LogP) is 0.805. The van der Waals surface area contributed by atoms with Gasteiger partial charge in [-0.25, -0.2) is 0 Å². The highest BCUT2D eigenvalue weighted by molar-refractivity contribution is 5.44. The van der Waals surface area contributed by atoms with Crippen molar-refractivity contribution >= 4 is 0 Å². The lowest BCUT2D eigenvalue weighted by Crippen LogP contribution is -2.23. The van der Waals surface area contributed by atoms with E-state index < -0.39 is 11.0 Å². The normalized spacial score (nSPS) is 26.7. The largest absolute Gasteiger partial charge is 0.507 e. The van der Waals surface area contributed by atoms with Crippen LogP contribution in [0.25, 0.3) is 0 Å². The summed E-state index contributed by atoms with van der Waals surface area (Å²) in [4.78, 5) is 25.2. The van der Waals surface area contributed by atoms with Gasteiger partial charge in [0.2, 0.25) is 5.43 Å². The van der Waals surface area contributed by atoms with Gasteiger partial charge in [-0.2, -0.15) is 0 Å². The highest BCUT2D eigenvalue weighted by atomic mass is 16.3. The molecule has 2 aliphatic rings. The smallest absolute Gasteiger partial charge is 0.296 e. The second-order valence-electron chi connectivity index (χ2n) is 4.38. The Morgan fingerprint density at radius 1 is 1.27 bits per heavy atom. The molecule has 2 bridgehead atoms. The van der Waals surface area contributed by atoms with Gasteiger partial charge >= 0.3 is 0 Å². The summed E-state index contributed by atoms with van der Waals surface area (Å²) in [6.07, 6.45) is 3.09. The van der Waals surface area contributed by atoms with Crippen LogP contribution in [0.1, 0.15) is 42.4 Å². The zero-order chi connectivity index (χ0) is 10.6. The summed E-state index contributed by atoms with van der Waals surface area (Å²) in [5, 5.41) is 9.76. The number of hydrogen-bond donors (Lipinski definition) is 2. The van der Waals surface area contributed by atoms with Crippen LogP contribution in [0.15, 0.2) is 15.7 Å². The van der Waals surface area contributed by atoms with E-state index in [-0.39, 0.29) is 5.75 Å². The molecule has 1 fully saturated rings. The molecule has 1 saturated carbocycles. The zero-order valence-corrected chi connectivity index (χ0v) is 8.12. The summed E-state index contributed by atoms with van der Waals surface area (Å²) < 4.78 is 0. The first-order chi connectivity index (χ1) is 7.16. The van der Waals surface area contributed by atoms with Gasteiger partial charge in [0, 0.05) is 23.2 Å². The molecule has 2 N–H and O–H groups in total. The Bertz CT molecular complexity index is 547. The van der Waals surface area contributed by atoms with Crippen LogP contribution in [0.4, 0.5) is 0 Å². The third-order valence-corrected chi connectivity index (χ3v) is 3.56. The fourth-order valence-corrected chi connectivity index (χ4v) is 2.91. The number of aromatic amines is 1. The van der Waals surface area contributed by atoms with E-state index in [1.54, 1.807) is 0 Å². The van der Waals surface area contributed by atoms with E-state index >= 15 is 0 Å². The highest BCUT2D eigenvalue weighted by Crippen LogP contribution is 2.53. The van der Waals surface area contributed by atoms with Crippen LogP contribution in [0, 0.1) is 0 Å². The Morgan fingerprint density at radius 3 is 2.80 bits per heavy atom. The quantitative estimate of drug-likeness (QED) is 0.615. The molecule has 1 aromatic heterocycles. The molecule has 0 amide bonds. The van der Waals surface area contributed by atoms with Gasteiger partial charge in [-0.1, -0.05) is 0 Å². The van der Waals surface area contributed by atoms with Crippen molar-refractivity contribution in [2.24, 2.45) is 0 Å². The monoisotopic (exact) mass is 205 g/mol. The highest BCUT2D eigenvalue weighted by Gasteiger charge is 2.39. The summed E-state index contributed by atoms with van der Waals surface area (Å²) in [5.74, 6) is 0.642. The van der Waals surface area contributed by atoms with Crippen LogP contribution in [-0.2, 0) is 0 Å². The van der Waals surface area contributed by atoms with Crippen LogP contribution in [-0.4, -0.2) is 10.1 Å². The number of rotatable bonds is 0. The zero-order valence-electron chi connectivity index (χ0n) is 8.12. The second-order valence-corrected chi connectivity index (χ2v) is 4.38. The molecule has 4 nitrogen and oxygen atoms in total. The maximum absolute atomic E-state index is 11.3. The Balaban J connectivity index is 2.42. The van der Waals surface area contributed by atoms with E-state index in [1.165, 1.54) is 0 Å². The van der Waals surface area contributed by atoms with Crippen molar-refractivity contribution in [3.8, 4) is 5.75 Å². The standard InChI is InChI=1S/C11H11NO3/c13-7-4-8(14)11(15)12-10-6-2-1-5(3-6)9(7)10/h4-6,13H,1-3H2,(H,12,14,15)/t5-,6+/m1/s1. The Labute approximate surface area is 85.6 Å². The summed E-state index contributed by atoms with van der Waals surface area (Å²) in [6, 6.07) is 1.04. The summed E-state index contributed by atoms with van der Waals surface area (Å²) >= 11 is 0. The Morgan fingerprint density at radius 2 is 2.00 bits per heavy atom. The predicted molar refractivity (Wildman–Crippen MR) is 54.3 cm³/mol. The van der Waals surface area contributed by atoms with E-state index in [1.807, 2.05) is 0 Å². The molecule has 0 radical (unpaired) electrons. The molecule has 0 aromatic carbocycles. The molecule has 1 heterocycles. The Hall–Kier alpha value is -1.58. The van der Waals surface area contributed by atoms with Crippen molar-refractivity contribution in [3.63, 3.8) is 0 Å². The van der Waals surface area contributed by atoms with Crippen molar-refractivity contribution in [3.05, 3.63) is 37.9 Å². The van der Waals surface area contributed by atoms with Crippen molar-refractivity contribution in [1.29, 1.82) is 0 Å². The molecule has 2 aliphatic carbocycles. The first-order valence-corrected chi connectivity index (χ1v) is 5.17. The van der Waals surface area contributed by atoms with Crippen molar-refractivity contribution < 1.29 is 5.11 Å². The summed E-state index contributed by atoms with van der Waals surface area (Å²) in [7, 11) is 0. The van der Waals surface area contributed by atoms with Crippen LogP contribution in [0.2, 0.25) is 0 Å². The maximum atomic E-state index is 11.3. The van der Waals surface area contributed by atoms with E-state index in [0.717, 1.165) is 36.6 Å². The van der Waals surface area contributed by atoms with Crippen molar-refractivity contribution in [2.75, 3.05) is 0 Å². The van der Waals surface area contributed by atoms with E-state index in [4.69, 9.17) is 0 Å². The number of aromatic nitrogens is 1. The van der Waals surface area contributed by atoms with Gasteiger partial charge < -0.3 is 10.1 Å².